The second-order valence-corrected chi connectivity index (χ2v) is 6.26. The van der Waals surface area contributed by atoms with Crippen LogP contribution in [-0.2, 0) is 0 Å². The van der Waals surface area contributed by atoms with Gasteiger partial charge < -0.3 is 10.4 Å². The van der Waals surface area contributed by atoms with Crippen molar-refractivity contribution in [2.75, 3.05) is 19.7 Å². The number of hydrogen-bond donors (Lipinski definition) is 3. The first-order valence-electron chi connectivity index (χ1n) is 8.87. The number of amides is 1. The number of carbonyl (C=O) groups excluding carboxylic acids is 1. The molecule has 9 heteroatoms. The largest absolute Gasteiger partial charge is 0.394 e. The minimum atomic E-state index is -0.353. The minimum Gasteiger partial charge on any atom is -0.394 e. The number of hydrazone groups is 1. The van der Waals surface area contributed by atoms with Gasteiger partial charge in [0.1, 0.15) is 11.4 Å². The van der Waals surface area contributed by atoms with E-state index < -0.39 is 0 Å². The van der Waals surface area contributed by atoms with Crippen LogP contribution in [0.4, 0.5) is 0 Å². The van der Waals surface area contributed by atoms with Crippen LogP contribution < -0.4 is 5.32 Å². The van der Waals surface area contributed by atoms with E-state index in [0.717, 1.165) is 5.56 Å². The molecule has 28 heavy (non-hydrogen) atoms. The first kappa shape index (κ1) is 17.8. The van der Waals surface area contributed by atoms with Crippen molar-refractivity contribution in [3.05, 3.63) is 66.4 Å². The first-order valence-corrected chi connectivity index (χ1v) is 8.87. The number of aromatic amines is 1. The van der Waals surface area contributed by atoms with Gasteiger partial charge in [-0.1, -0.05) is 12.1 Å². The average molecular weight is 377 g/mol. The molecule has 0 radical (unpaired) electrons. The molecule has 9 nitrogen and oxygen atoms in total. The fourth-order valence-electron chi connectivity index (χ4n) is 3.02. The molecule has 0 fully saturated rings. The number of β-amino-alcohol motifs (C(OH)–C–C–N with tert-alkyl or cyclic N) is 1. The van der Waals surface area contributed by atoms with Gasteiger partial charge in [-0.25, -0.2) is 4.98 Å². The fraction of sp³-hybridized carbons (Fsp3) is 0.211. The summed E-state index contributed by atoms with van der Waals surface area (Å²) in [7, 11) is 0. The van der Waals surface area contributed by atoms with E-state index in [1.54, 1.807) is 35.7 Å². The Morgan fingerprint density at radius 1 is 1.25 bits per heavy atom. The standard InChI is InChI=1S/C19H19N7O2/c27-9-8-26-12-17(18(25-26)15-4-1-2-7-20-15)24-19(28)16-6-3-5-14(23-16)13-10-21-22-11-13/h1-7,10-11,17,27H,8-9,12H2,(H,21,22)(H,24,28). The number of aromatic nitrogens is 4. The summed E-state index contributed by atoms with van der Waals surface area (Å²) < 4.78 is 0. The van der Waals surface area contributed by atoms with Gasteiger partial charge in [-0.2, -0.15) is 10.2 Å². The van der Waals surface area contributed by atoms with E-state index in [-0.39, 0.29) is 18.6 Å². The predicted molar refractivity (Wildman–Crippen MR) is 103 cm³/mol. The summed E-state index contributed by atoms with van der Waals surface area (Å²) in [4.78, 5) is 21.6. The van der Waals surface area contributed by atoms with Crippen LogP contribution >= 0.6 is 0 Å². The van der Waals surface area contributed by atoms with Crippen LogP contribution in [0.25, 0.3) is 11.3 Å². The van der Waals surface area contributed by atoms with Crippen LogP contribution in [-0.4, -0.2) is 67.6 Å². The molecular formula is C19H19N7O2. The number of nitrogens with zero attached hydrogens (tertiary/aromatic N) is 5. The number of aliphatic hydroxyl groups is 1. The zero-order chi connectivity index (χ0) is 19.3. The van der Waals surface area contributed by atoms with Gasteiger partial charge in [0, 0.05) is 18.0 Å². The van der Waals surface area contributed by atoms with Crippen molar-refractivity contribution in [2.24, 2.45) is 5.10 Å². The van der Waals surface area contributed by atoms with E-state index in [2.05, 4.69) is 30.6 Å². The SMILES string of the molecule is O=C(NC1CN(CCO)N=C1c1ccccn1)c1cccc(-c2cn[nH]c2)n1. The van der Waals surface area contributed by atoms with Crippen molar-refractivity contribution in [1.29, 1.82) is 0 Å². The molecule has 1 amide bonds. The Morgan fingerprint density at radius 3 is 2.89 bits per heavy atom. The summed E-state index contributed by atoms with van der Waals surface area (Å²) in [5.41, 5.74) is 3.12. The van der Waals surface area contributed by atoms with Gasteiger partial charge in [-0.15, -0.1) is 0 Å². The predicted octanol–water partition coefficient (Wildman–Crippen LogP) is 0.677. The molecule has 4 heterocycles. The summed E-state index contributed by atoms with van der Waals surface area (Å²) in [6.07, 6.45) is 5.06. The second-order valence-electron chi connectivity index (χ2n) is 6.26. The van der Waals surface area contributed by atoms with E-state index in [1.165, 1.54) is 0 Å². The van der Waals surface area contributed by atoms with E-state index in [9.17, 15) is 9.90 Å². The molecule has 0 aromatic carbocycles. The van der Waals surface area contributed by atoms with Gasteiger partial charge in [0.15, 0.2) is 0 Å². The highest BCUT2D eigenvalue weighted by Gasteiger charge is 2.30. The third-order valence-electron chi connectivity index (χ3n) is 4.34. The lowest BCUT2D eigenvalue weighted by molar-refractivity contribution is 0.0937. The lowest BCUT2D eigenvalue weighted by Crippen LogP contribution is -2.43. The Hall–Kier alpha value is -3.59. The zero-order valence-electron chi connectivity index (χ0n) is 15.0. The van der Waals surface area contributed by atoms with E-state index >= 15 is 0 Å². The maximum Gasteiger partial charge on any atom is 0.270 e. The normalized spacial score (nSPS) is 16.1. The molecule has 0 bridgehead atoms. The summed E-state index contributed by atoms with van der Waals surface area (Å²) >= 11 is 0. The lowest BCUT2D eigenvalue weighted by atomic mass is 10.1. The highest BCUT2D eigenvalue weighted by Crippen LogP contribution is 2.16. The molecule has 0 saturated heterocycles. The third-order valence-corrected chi connectivity index (χ3v) is 4.34. The van der Waals surface area contributed by atoms with Gasteiger partial charge in [0.2, 0.25) is 0 Å². The second kappa shape index (κ2) is 7.97. The molecule has 3 N–H and O–H groups in total. The highest BCUT2D eigenvalue weighted by molar-refractivity contribution is 6.07. The molecule has 1 aliphatic rings. The Morgan fingerprint density at radius 2 is 2.14 bits per heavy atom. The molecule has 1 atom stereocenters. The van der Waals surface area contributed by atoms with Crippen LogP contribution in [0.3, 0.4) is 0 Å². The zero-order valence-corrected chi connectivity index (χ0v) is 15.0. The van der Waals surface area contributed by atoms with Gasteiger partial charge >= 0.3 is 0 Å². The number of rotatable bonds is 6. The molecule has 1 unspecified atom stereocenters. The summed E-state index contributed by atoms with van der Waals surface area (Å²) in [6, 6.07) is 10.5. The maximum atomic E-state index is 12.8. The van der Waals surface area contributed by atoms with Gasteiger partial charge in [0.05, 0.1) is 43.3 Å². The molecule has 142 valence electrons. The van der Waals surface area contributed by atoms with Crippen molar-refractivity contribution in [1.82, 2.24) is 30.5 Å². The lowest BCUT2D eigenvalue weighted by Gasteiger charge is -2.16. The summed E-state index contributed by atoms with van der Waals surface area (Å²) in [5, 5.41) is 25.1. The molecule has 4 rings (SSSR count). The van der Waals surface area contributed by atoms with Crippen LogP contribution in [0.5, 0.6) is 0 Å². The van der Waals surface area contributed by atoms with Crippen molar-refractivity contribution < 1.29 is 9.90 Å². The number of hydrogen-bond acceptors (Lipinski definition) is 7. The molecule has 1 aliphatic heterocycles. The maximum absolute atomic E-state index is 12.8. The minimum absolute atomic E-state index is 0.0199. The molecule has 0 spiro atoms. The van der Waals surface area contributed by atoms with Crippen LogP contribution in [0, 0.1) is 0 Å². The fourth-order valence-corrected chi connectivity index (χ4v) is 3.02. The molecule has 3 aromatic rings. The molecule has 0 saturated carbocycles. The van der Waals surface area contributed by atoms with Crippen molar-refractivity contribution in [3.63, 3.8) is 0 Å². The molecule has 0 aliphatic carbocycles. The smallest absolute Gasteiger partial charge is 0.270 e. The first-order chi connectivity index (χ1) is 13.7. The topological polar surface area (TPSA) is 119 Å². The monoisotopic (exact) mass is 377 g/mol. The average Bonchev–Trinajstić information content (AvgIpc) is 3.39. The molecular weight excluding hydrogens is 358 g/mol. The number of carbonyl (C=O) groups is 1. The molecule has 3 aromatic heterocycles. The van der Waals surface area contributed by atoms with Crippen LogP contribution in [0.2, 0.25) is 0 Å². The Balaban J connectivity index is 1.55. The summed E-state index contributed by atoms with van der Waals surface area (Å²) in [6.45, 7) is 0.824. The van der Waals surface area contributed by atoms with Crippen molar-refractivity contribution in [3.8, 4) is 11.3 Å². The van der Waals surface area contributed by atoms with E-state index in [0.29, 0.717) is 35.9 Å². The van der Waals surface area contributed by atoms with Crippen LogP contribution in [0.1, 0.15) is 16.2 Å². The quantitative estimate of drug-likeness (QED) is 0.581. The van der Waals surface area contributed by atoms with E-state index in [1.807, 2.05) is 24.3 Å². The number of pyridine rings is 2. The van der Waals surface area contributed by atoms with Gasteiger partial charge in [0.25, 0.3) is 5.91 Å². The summed E-state index contributed by atoms with van der Waals surface area (Å²) in [5.74, 6) is -0.301. The van der Waals surface area contributed by atoms with Gasteiger partial charge in [-0.3, -0.25) is 19.9 Å². The number of aliphatic hydroxyl groups excluding tert-OH is 1. The third kappa shape index (κ3) is 3.74. The Bertz CT molecular complexity index is 973. The highest BCUT2D eigenvalue weighted by atomic mass is 16.3. The number of nitrogens with one attached hydrogen (secondary N) is 2. The Kier molecular flexibility index (Phi) is 5.07. The van der Waals surface area contributed by atoms with Crippen molar-refractivity contribution >= 4 is 11.6 Å². The van der Waals surface area contributed by atoms with Crippen molar-refractivity contribution in [2.45, 2.75) is 6.04 Å². The van der Waals surface area contributed by atoms with Crippen LogP contribution in [0.15, 0.2) is 60.1 Å². The number of H-pyrrole nitrogens is 1. The Labute approximate surface area is 161 Å². The van der Waals surface area contributed by atoms with E-state index in [4.69, 9.17) is 0 Å². The van der Waals surface area contributed by atoms with Gasteiger partial charge in [-0.05, 0) is 24.3 Å².